The number of carbonyl (C=O) groups excluding carboxylic acids is 2. The van der Waals surface area contributed by atoms with Gasteiger partial charge in [-0.1, -0.05) is 63.6 Å². The fourth-order valence-electron chi connectivity index (χ4n) is 3.44. The van der Waals surface area contributed by atoms with Gasteiger partial charge in [-0.05, 0) is 68.0 Å². The van der Waals surface area contributed by atoms with E-state index in [9.17, 15) is 9.59 Å². The van der Waals surface area contributed by atoms with Crippen LogP contribution in [-0.2, 0) is 21.5 Å². The summed E-state index contributed by atoms with van der Waals surface area (Å²) in [6.07, 6.45) is 0.488. The standard InChI is InChI=1S/C27H37ClN2O3/c1-8-23(25(32)29-27(5,6)7)30(17-19-9-13-21(28)14-10-19)24(31)18-33-22-15-11-20(12-16-22)26(2,3)4/h9-16,23H,8,17-18H2,1-7H3,(H,29,32). The molecule has 0 aromatic heterocycles. The van der Waals surface area contributed by atoms with Crippen LogP contribution in [0, 0.1) is 0 Å². The molecule has 2 amide bonds. The van der Waals surface area contributed by atoms with Crippen molar-refractivity contribution in [2.75, 3.05) is 6.61 Å². The quantitative estimate of drug-likeness (QED) is 0.533. The van der Waals surface area contributed by atoms with Gasteiger partial charge in [0.1, 0.15) is 11.8 Å². The van der Waals surface area contributed by atoms with Crippen molar-refractivity contribution in [2.24, 2.45) is 0 Å². The first-order valence-corrected chi connectivity index (χ1v) is 11.8. The normalized spacial score (nSPS) is 12.7. The molecule has 6 heteroatoms. The lowest BCUT2D eigenvalue weighted by Gasteiger charge is -2.33. The molecular formula is C27H37ClN2O3. The van der Waals surface area contributed by atoms with Crippen molar-refractivity contribution in [1.82, 2.24) is 10.2 Å². The highest BCUT2D eigenvalue weighted by atomic mass is 35.5. The zero-order valence-electron chi connectivity index (χ0n) is 20.9. The fourth-order valence-corrected chi connectivity index (χ4v) is 3.56. The summed E-state index contributed by atoms with van der Waals surface area (Å²) in [5.41, 5.74) is 1.73. The minimum atomic E-state index is -0.612. The van der Waals surface area contributed by atoms with Crippen molar-refractivity contribution in [3.63, 3.8) is 0 Å². The van der Waals surface area contributed by atoms with Gasteiger partial charge >= 0.3 is 0 Å². The van der Waals surface area contributed by atoms with Gasteiger partial charge in [-0.2, -0.15) is 0 Å². The maximum absolute atomic E-state index is 13.3. The number of nitrogens with zero attached hydrogens (tertiary/aromatic N) is 1. The first-order valence-electron chi connectivity index (χ1n) is 11.4. The Morgan fingerprint density at radius 2 is 1.55 bits per heavy atom. The van der Waals surface area contributed by atoms with Gasteiger partial charge in [-0.3, -0.25) is 9.59 Å². The minimum Gasteiger partial charge on any atom is -0.484 e. The van der Waals surface area contributed by atoms with Gasteiger partial charge in [0.05, 0.1) is 0 Å². The molecule has 0 aliphatic rings. The van der Waals surface area contributed by atoms with Crippen LogP contribution in [0.2, 0.25) is 5.02 Å². The van der Waals surface area contributed by atoms with Gasteiger partial charge in [0.2, 0.25) is 5.91 Å². The van der Waals surface area contributed by atoms with E-state index in [-0.39, 0.29) is 23.8 Å². The first kappa shape index (κ1) is 26.7. The number of ether oxygens (including phenoxy) is 1. The molecule has 2 aromatic rings. The summed E-state index contributed by atoms with van der Waals surface area (Å²) in [5.74, 6) is 0.192. The maximum Gasteiger partial charge on any atom is 0.261 e. The largest absolute Gasteiger partial charge is 0.484 e. The molecule has 180 valence electrons. The number of hydrogen-bond acceptors (Lipinski definition) is 3. The Hall–Kier alpha value is -2.53. The van der Waals surface area contributed by atoms with E-state index in [2.05, 4.69) is 26.1 Å². The van der Waals surface area contributed by atoms with Gasteiger partial charge in [-0.15, -0.1) is 0 Å². The second-order valence-electron chi connectivity index (χ2n) is 10.4. The van der Waals surface area contributed by atoms with Crippen molar-refractivity contribution in [2.45, 2.75) is 78.4 Å². The third-order valence-electron chi connectivity index (χ3n) is 5.23. The molecule has 2 aromatic carbocycles. The zero-order chi connectivity index (χ0) is 24.8. The van der Waals surface area contributed by atoms with Gasteiger partial charge in [-0.25, -0.2) is 0 Å². The van der Waals surface area contributed by atoms with Crippen LogP contribution in [0.5, 0.6) is 5.75 Å². The van der Waals surface area contributed by atoms with E-state index in [1.165, 1.54) is 5.56 Å². The summed E-state index contributed by atoms with van der Waals surface area (Å²) in [6, 6.07) is 14.5. The molecule has 0 aliphatic heterocycles. The highest BCUT2D eigenvalue weighted by molar-refractivity contribution is 6.30. The summed E-state index contributed by atoms with van der Waals surface area (Å²) in [6.45, 7) is 14.3. The number of halogens is 1. The lowest BCUT2D eigenvalue weighted by molar-refractivity contribution is -0.143. The summed E-state index contributed by atoms with van der Waals surface area (Å²) < 4.78 is 5.80. The Bertz CT molecular complexity index is 926. The van der Waals surface area contributed by atoms with Crippen molar-refractivity contribution in [3.05, 3.63) is 64.7 Å². The smallest absolute Gasteiger partial charge is 0.261 e. The van der Waals surface area contributed by atoms with E-state index in [0.29, 0.717) is 23.7 Å². The topological polar surface area (TPSA) is 58.6 Å². The Morgan fingerprint density at radius 3 is 2.03 bits per heavy atom. The molecule has 0 heterocycles. The highest BCUT2D eigenvalue weighted by Crippen LogP contribution is 2.24. The summed E-state index contributed by atoms with van der Waals surface area (Å²) in [5, 5.41) is 3.62. The van der Waals surface area contributed by atoms with Crippen LogP contribution in [0.15, 0.2) is 48.5 Å². The summed E-state index contributed by atoms with van der Waals surface area (Å²) in [4.78, 5) is 27.9. The van der Waals surface area contributed by atoms with Crippen LogP contribution >= 0.6 is 11.6 Å². The molecule has 5 nitrogen and oxygen atoms in total. The van der Waals surface area contributed by atoms with Crippen molar-refractivity contribution < 1.29 is 14.3 Å². The third-order valence-corrected chi connectivity index (χ3v) is 5.48. The molecule has 0 aliphatic carbocycles. The Labute approximate surface area is 203 Å². The Morgan fingerprint density at radius 1 is 0.970 bits per heavy atom. The molecule has 0 bridgehead atoms. The second-order valence-corrected chi connectivity index (χ2v) is 10.8. The van der Waals surface area contributed by atoms with Gasteiger partial charge in [0.25, 0.3) is 5.91 Å². The molecule has 0 saturated heterocycles. The molecule has 0 fully saturated rings. The number of amides is 2. The molecule has 1 unspecified atom stereocenters. The lowest BCUT2D eigenvalue weighted by atomic mass is 9.87. The monoisotopic (exact) mass is 472 g/mol. The maximum atomic E-state index is 13.3. The van der Waals surface area contributed by atoms with Crippen LogP contribution in [0.1, 0.15) is 66.0 Å². The molecule has 0 spiro atoms. The SMILES string of the molecule is CCC(C(=O)NC(C)(C)C)N(Cc1ccc(Cl)cc1)C(=O)COc1ccc(C(C)(C)C)cc1. The zero-order valence-corrected chi connectivity index (χ0v) is 21.6. The molecule has 2 rings (SSSR count). The molecule has 1 atom stereocenters. The highest BCUT2D eigenvalue weighted by Gasteiger charge is 2.31. The number of nitrogens with one attached hydrogen (secondary N) is 1. The average molecular weight is 473 g/mol. The fraction of sp³-hybridized carbons (Fsp3) is 0.481. The second kappa shape index (κ2) is 11.1. The average Bonchev–Trinajstić information content (AvgIpc) is 2.71. The molecule has 33 heavy (non-hydrogen) atoms. The van der Waals surface area contributed by atoms with Crippen LogP contribution in [-0.4, -0.2) is 34.9 Å². The number of carbonyl (C=O) groups is 2. The lowest BCUT2D eigenvalue weighted by Crippen LogP contribution is -2.54. The van der Waals surface area contributed by atoms with E-state index in [1.54, 1.807) is 17.0 Å². The van der Waals surface area contributed by atoms with Gasteiger partial charge in [0, 0.05) is 17.1 Å². The van der Waals surface area contributed by atoms with Gasteiger partial charge < -0.3 is 15.0 Å². The van der Waals surface area contributed by atoms with Crippen molar-refractivity contribution in [1.29, 1.82) is 0 Å². The van der Waals surface area contributed by atoms with E-state index < -0.39 is 11.6 Å². The van der Waals surface area contributed by atoms with Crippen LogP contribution in [0.25, 0.3) is 0 Å². The van der Waals surface area contributed by atoms with E-state index in [4.69, 9.17) is 16.3 Å². The van der Waals surface area contributed by atoms with Crippen LogP contribution in [0.4, 0.5) is 0 Å². The Balaban J connectivity index is 2.20. The predicted molar refractivity (Wildman–Crippen MR) is 135 cm³/mol. The summed E-state index contributed by atoms with van der Waals surface area (Å²) in [7, 11) is 0. The predicted octanol–water partition coefficient (Wildman–Crippen LogP) is 5.74. The van der Waals surface area contributed by atoms with Crippen molar-refractivity contribution >= 4 is 23.4 Å². The van der Waals surface area contributed by atoms with Gasteiger partial charge in [0.15, 0.2) is 6.61 Å². The summed E-state index contributed by atoms with van der Waals surface area (Å²) >= 11 is 6.02. The Kier molecular flexibility index (Phi) is 8.96. The van der Waals surface area contributed by atoms with E-state index in [1.807, 2.05) is 64.1 Å². The van der Waals surface area contributed by atoms with E-state index in [0.717, 1.165) is 5.56 Å². The number of hydrogen-bond donors (Lipinski definition) is 1. The molecule has 1 N–H and O–H groups in total. The molecular weight excluding hydrogens is 436 g/mol. The van der Waals surface area contributed by atoms with Crippen LogP contribution in [0.3, 0.4) is 0 Å². The molecule has 0 saturated carbocycles. The van der Waals surface area contributed by atoms with E-state index >= 15 is 0 Å². The van der Waals surface area contributed by atoms with Crippen molar-refractivity contribution in [3.8, 4) is 5.75 Å². The number of rotatable bonds is 8. The first-order chi connectivity index (χ1) is 15.3. The molecule has 0 radical (unpaired) electrons. The third kappa shape index (κ3) is 8.39. The minimum absolute atomic E-state index is 0.0402. The van der Waals surface area contributed by atoms with Crippen LogP contribution < -0.4 is 10.1 Å². The number of benzene rings is 2.